The molecule has 0 atom stereocenters. The maximum atomic E-state index is 13.0. The Bertz CT molecular complexity index is 384. The van der Waals surface area contributed by atoms with Crippen LogP contribution in [0, 0.1) is 5.82 Å². The van der Waals surface area contributed by atoms with Gasteiger partial charge in [-0.15, -0.1) is 0 Å². The third-order valence-corrected chi connectivity index (χ3v) is 2.81. The molecule has 0 aliphatic carbocycles. The molecule has 0 aliphatic heterocycles. The van der Waals surface area contributed by atoms with E-state index < -0.39 is 5.82 Å². The Kier molecular flexibility index (Phi) is 4.47. The van der Waals surface area contributed by atoms with E-state index in [1.54, 1.807) is 6.07 Å². The number of anilines is 1. The molecule has 0 heterocycles. The molecule has 0 radical (unpaired) electrons. The summed E-state index contributed by atoms with van der Waals surface area (Å²) in [6, 6.07) is 2.89. The predicted octanol–water partition coefficient (Wildman–Crippen LogP) is 3.08. The number of hydrogen-bond donors (Lipinski definition) is 1. The average molecular weight is 292 g/mol. The van der Waals surface area contributed by atoms with Gasteiger partial charge in [-0.05, 0) is 36.8 Å². The summed E-state index contributed by atoms with van der Waals surface area (Å²) in [7, 11) is 0. The molecule has 1 rings (SSSR count). The molecule has 82 valence electrons. The van der Waals surface area contributed by atoms with Crippen molar-refractivity contribution < 1.29 is 9.13 Å². The lowest BCUT2D eigenvalue weighted by Crippen LogP contribution is -2.06. The van der Waals surface area contributed by atoms with Crippen LogP contribution in [0.15, 0.2) is 16.6 Å². The smallest absolute Gasteiger partial charge is 0.164 e. The van der Waals surface area contributed by atoms with E-state index in [-0.39, 0.29) is 5.69 Å². The number of nitrogen functional groups attached to an aromatic ring is 1. The maximum absolute atomic E-state index is 13.0. The third-order valence-electron chi connectivity index (χ3n) is 1.81. The number of hydrogen-bond acceptors (Lipinski definition) is 3. The van der Waals surface area contributed by atoms with Gasteiger partial charge in [-0.2, -0.15) is 0 Å². The molecule has 0 saturated carbocycles. The second kappa shape index (κ2) is 5.42. The second-order valence-electron chi connectivity index (χ2n) is 2.95. The predicted molar refractivity (Wildman–Crippen MR) is 66.4 cm³/mol. The van der Waals surface area contributed by atoms with Crippen LogP contribution in [0.3, 0.4) is 0 Å². The summed E-state index contributed by atoms with van der Waals surface area (Å²) >= 11 is 8.24. The van der Waals surface area contributed by atoms with E-state index in [9.17, 15) is 4.39 Å². The Labute approximate surface area is 102 Å². The van der Waals surface area contributed by atoms with Gasteiger partial charge in [0.25, 0.3) is 0 Å². The van der Waals surface area contributed by atoms with Crippen LogP contribution in [-0.2, 0) is 11.2 Å². The van der Waals surface area contributed by atoms with Crippen molar-refractivity contribution in [3.8, 4) is 0 Å². The highest BCUT2D eigenvalue weighted by molar-refractivity contribution is 9.10. The zero-order valence-electron chi connectivity index (χ0n) is 8.22. The van der Waals surface area contributed by atoms with E-state index in [2.05, 4.69) is 15.9 Å². The zero-order chi connectivity index (χ0) is 11.4. The fraction of sp³-hybridized carbons (Fsp3) is 0.300. The van der Waals surface area contributed by atoms with Crippen molar-refractivity contribution in [1.82, 2.24) is 0 Å². The number of nitrogens with two attached hydrogens (primary N) is 1. The third kappa shape index (κ3) is 3.43. The van der Waals surface area contributed by atoms with Crippen molar-refractivity contribution in [2.24, 2.45) is 0 Å². The SMILES string of the molecule is CCOC(=S)Cc1cc(N)c(F)cc1Br. The van der Waals surface area contributed by atoms with E-state index in [4.69, 9.17) is 22.7 Å². The van der Waals surface area contributed by atoms with Gasteiger partial charge in [-0.3, -0.25) is 0 Å². The Hall–Kier alpha value is -0.680. The van der Waals surface area contributed by atoms with Crippen molar-refractivity contribution in [3.05, 3.63) is 28.0 Å². The van der Waals surface area contributed by atoms with Crippen LogP contribution < -0.4 is 5.73 Å². The highest BCUT2D eigenvalue weighted by Crippen LogP contribution is 2.23. The van der Waals surface area contributed by atoms with Crippen molar-refractivity contribution in [2.45, 2.75) is 13.3 Å². The monoisotopic (exact) mass is 291 g/mol. The highest BCUT2D eigenvalue weighted by atomic mass is 79.9. The number of ether oxygens (including phenoxy) is 1. The van der Waals surface area contributed by atoms with Crippen molar-refractivity contribution in [2.75, 3.05) is 12.3 Å². The van der Waals surface area contributed by atoms with Gasteiger partial charge in [-0.1, -0.05) is 15.9 Å². The molecule has 15 heavy (non-hydrogen) atoms. The quantitative estimate of drug-likeness (QED) is 0.687. The molecular weight excluding hydrogens is 281 g/mol. The Balaban J connectivity index is 2.86. The molecule has 1 aromatic carbocycles. The van der Waals surface area contributed by atoms with Gasteiger partial charge in [0.15, 0.2) is 5.05 Å². The summed E-state index contributed by atoms with van der Waals surface area (Å²) in [5.74, 6) is -0.437. The first-order valence-electron chi connectivity index (χ1n) is 4.43. The molecule has 0 spiro atoms. The van der Waals surface area contributed by atoms with Gasteiger partial charge >= 0.3 is 0 Å². The van der Waals surface area contributed by atoms with Crippen LogP contribution in [0.4, 0.5) is 10.1 Å². The lowest BCUT2D eigenvalue weighted by molar-refractivity contribution is 0.329. The normalized spacial score (nSPS) is 10.1. The Morgan fingerprint density at radius 2 is 2.27 bits per heavy atom. The van der Waals surface area contributed by atoms with Crippen LogP contribution in [0.5, 0.6) is 0 Å². The molecular formula is C10H11BrFNOS. The molecule has 0 aromatic heterocycles. The molecule has 2 N–H and O–H groups in total. The lowest BCUT2D eigenvalue weighted by atomic mass is 10.1. The van der Waals surface area contributed by atoms with Crippen molar-refractivity contribution >= 4 is 38.9 Å². The Morgan fingerprint density at radius 3 is 2.87 bits per heavy atom. The van der Waals surface area contributed by atoms with E-state index >= 15 is 0 Å². The fourth-order valence-corrected chi connectivity index (χ4v) is 1.84. The van der Waals surface area contributed by atoms with Crippen LogP contribution in [0.2, 0.25) is 0 Å². The molecule has 1 aromatic rings. The van der Waals surface area contributed by atoms with Gasteiger partial charge in [0.05, 0.1) is 12.3 Å². The second-order valence-corrected chi connectivity index (χ2v) is 4.26. The summed E-state index contributed by atoms with van der Waals surface area (Å²) in [4.78, 5) is 0. The van der Waals surface area contributed by atoms with Gasteiger partial charge in [0.1, 0.15) is 5.82 Å². The van der Waals surface area contributed by atoms with Crippen LogP contribution >= 0.6 is 28.1 Å². The number of halogens is 2. The molecule has 5 heteroatoms. The zero-order valence-corrected chi connectivity index (χ0v) is 10.6. The number of rotatable bonds is 3. The average Bonchev–Trinajstić information content (AvgIpc) is 2.14. The van der Waals surface area contributed by atoms with Crippen molar-refractivity contribution in [3.63, 3.8) is 0 Å². The number of benzene rings is 1. The van der Waals surface area contributed by atoms with Gasteiger partial charge in [0, 0.05) is 10.9 Å². The van der Waals surface area contributed by atoms with E-state index in [0.717, 1.165) is 5.56 Å². The molecule has 2 nitrogen and oxygen atoms in total. The van der Waals surface area contributed by atoms with Crippen LogP contribution in [0.25, 0.3) is 0 Å². The van der Waals surface area contributed by atoms with E-state index in [1.165, 1.54) is 6.07 Å². The minimum absolute atomic E-state index is 0.118. The summed E-state index contributed by atoms with van der Waals surface area (Å²) in [6.07, 6.45) is 0.453. The molecule has 0 fully saturated rings. The molecule has 0 bridgehead atoms. The fourth-order valence-electron chi connectivity index (χ4n) is 1.12. The van der Waals surface area contributed by atoms with Crippen LogP contribution in [0.1, 0.15) is 12.5 Å². The lowest BCUT2D eigenvalue weighted by Gasteiger charge is -2.08. The number of thiocarbonyl (C=S) groups is 1. The first-order chi connectivity index (χ1) is 7.04. The molecule has 0 unspecified atom stereocenters. The molecule has 0 aliphatic rings. The van der Waals surface area contributed by atoms with Gasteiger partial charge < -0.3 is 10.5 Å². The topological polar surface area (TPSA) is 35.2 Å². The van der Waals surface area contributed by atoms with E-state index in [0.29, 0.717) is 22.6 Å². The Morgan fingerprint density at radius 1 is 1.60 bits per heavy atom. The molecule has 0 saturated heterocycles. The van der Waals surface area contributed by atoms with Crippen molar-refractivity contribution in [1.29, 1.82) is 0 Å². The molecule has 0 amide bonds. The first kappa shape index (κ1) is 12.4. The van der Waals surface area contributed by atoms with Crippen LogP contribution in [-0.4, -0.2) is 11.7 Å². The standard InChI is InChI=1S/C10H11BrFNOS/c1-2-14-10(15)4-6-3-9(13)8(12)5-7(6)11/h3,5H,2,4,13H2,1H3. The largest absolute Gasteiger partial charge is 0.487 e. The summed E-state index contributed by atoms with van der Waals surface area (Å²) in [6.45, 7) is 2.40. The summed E-state index contributed by atoms with van der Waals surface area (Å²) < 4.78 is 18.8. The maximum Gasteiger partial charge on any atom is 0.164 e. The summed E-state index contributed by atoms with van der Waals surface area (Å²) in [5, 5.41) is 0.476. The minimum atomic E-state index is -0.437. The van der Waals surface area contributed by atoms with Gasteiger partial charge in [0.2, 0.25) is 0 Å². The first-order valence-corrected chi connectivity index (χ1v) is 5.63. The highest BCUT2D eigenvalue weighted by Gasteiger charge is 2.08. The summed E-state index contributed by atoms with van der Waals surface area (Å²) in [5.41, 5.74) is 6.40. The minimum Gasteiger partial charge on any atom is -0.487 e. The van der Waals surface area contributed by atoms with Gasteiger partial charge in [-0.25, -0.2) is 4.39 Å². The van der Waals surface area contributed by atoms with E-state index in [1.807, 2.05) is 6.92 Å².